The minimum atomic E-state index is -3.11. The topological polar surface area (TPSA) is 557 Å². The summed E-state index contributed by atoms with van der Waals surface area (Å²) in [5.41, 5.74) is 0. The molecule has 39 heteroatoms. The number of hydrogen-bond acceptors (Lipinski definition) is 28. The van der Waals surface area contributed by atoms with Crippen molar-refractivity contribution in [3.8, 4) is 0 Å². The zero-order chi connectivity index (χ0) is 77.3. The number of carbonyl (C=O) groups is 10. The molecule has 3 heterocycles. The van der Waals surface area contributed by atoms with Gasteiger partial charge >= 0.3 is 0 Å². The first kappa shape index (κ1) is 92.5. The highest BCUT2D eigenvalue weighted by Crippen LogP contribution is 2.37. The van der Waals surface area contributed by atoms with Gasteiger partial charge in [0.25, 0.3) is 5.91 Å². The summed E-state index contributed by atoms with van der Waals surface area (Å²) in [6.45, 7) is 5.27. The molecule has 38 nitrogen and oxygen atoms in total. The average Bonchev–Trinajstić information content (AvgIpc) is 0.821. The van der Waals surface area contributed by atoms with Gasteiger partial charge in [0.1, 0.15) is 73.1 Å². The molecule has 0 aromatic carbocycles. The fourth-order valence-corrected chi connectivity index (χ4v) is 11.8. The van der Waals surface area contributed by atoms with Crippen molar-refractivity contribution in [2.45, 2.75) is 234 Å². The van der Waals surface area contributed by atoms with E-state index in [2.05, 4.69) is 42.5 Å². The van der Waals surface area contributed by atoms with Gasteiger partial charge in [0.2, 0.25) is 53.2 Å². The van der Waals surface area contributed by atoms with Crippen LogP contribution < -0.4 is 42.5 Å². The lowest BCUT2D eigenvalue weighted by molar-refractivity contribution is -0.270. The Hall–Kier alpha value is -5.75. The highest BCUT2D eigenvalue weighted by Gasteiger charge is 2.48. The van der Waals surface area contributed by atoms with E-state index >= 15 is 0 Å². The van der Waals surface area contributed by atoms with Crippen molar-refractivity contribution in [2.75, 3.05) is 118 Å². The van der Waals surface area contributed by atoms with Gasteiger partial charge < -0.3 is 136 Å². The summed E-state index contributed by atoms with van der Waals surface area (Å²) in [5, 5.41) is 123. The van der Waals surface area contributed by atoms with Gasteiger partial charge in [0, 0.05) is 151 Å². The number of nitrogens with one attached hydrogen (secondary N) is 8. The molecule has 0 aromatic heterocycles. The van der Waals surface area contributed by atoms with Crippen LogP contribution in [0.25, 0.3) is 0 Å². The Bertz CT molecular complexity index is 2660. The largest absolute Gasteiger partial charge is 0.394 e. The molecule has 3 aliphatic heterocycles. The van der Waals surface area contributed by atoms with Crippen LogP contribution in [-0.4, -0.2) is 336 Å². The van der Waals surface area contributed by atoms with Crippen molar-refractivity contribution in [1.29, 1.82) is 0 Å². The van der Waals surface area contributed by atoms with Gasteiger partial charge in [-0.25, -0.2) is 0 Å². The highest BCUT2D eigenvalue weighted by atomic mass is 31.2. The molecule has 0 aromatic rings. The summed E-state index contributed by atoms with van der Waals surface area (Å²) in [4.78, 5) is 129. The minimum Gasteiger partial charge on any atom is -0.394 e. The molecule has 7 unspecified atom stereocenters. The first-order valence-electron chi connectivity index (χ1n) is 35.7. The van der Waals surface area contributed by atoms with Gasteiger partial charge in [-0.3, -0.25) is 52.5 Å². The third kappa shape index (κ3) is 36.2. The maximum absolute atomic E-state index is 13.9. The summed E-state index contributed by atoms with van der Waals surface area (Å²) in [5.74, 6) is -4.05. The molecule has 0 spiro atoms. The SMILES string of the molecule is CC(=O)NC1[C@H](OCCCCC(=O)NCCCC(=O)NCCCN(CCCN(CCCNC(=O)CCCNC(=O)CCCCO[C@@H]2OC(CO)[C@H](O)[C@H](O)C2NC(C)=O)C(=O)C(O)COP(C)(C)=O)C(=O)CCCNC(=O)CCCCO[C@@H]2OC(CO)[C@H](O)[C@H](O)C2NC(C)=O)OC(CO)[C@H](O)[C@@H]1O. The lowest BCUT2D eigenvalue weighted by Gasteiger charge is -2.42. The summed E-state index contributed by atoms with van der Waals surface area (Å²) in [6.07, 6.45) is -13.1. The fourth-order valence-electron chi connectivity index (χ4n) is 11.3. The van der Waals surface area contributed by atoms with Crippen molar-refractivity contribution in [2.24, 2.45) is 0 Å². The molecule has 3 rings (SSSR count). The van der Waals surface area contributed by atoms with Crippen LogP contribution in [0.2, 0.25) is 0 Å². The zero-order valence-corrected chi connectivity index (χ0v) is 61.3. The van der Waals surface area contributed by atoms with Crippen LogP contribution in [0.15, 0.2) is 0 Å². The van der Waals surface area contributed by atoms with Crippen LogP contribution in [0.3, 0.4) is 0 Å². The van der Waals surface area contributed by atoms with Crippen molar-refractivity contribution < 1.29 is 137 Å². The normalized spacial score (nSPS) is 25.0. The number of carbonyl (C=O) groups excluding carboxylic acids is 10. The van der Waals surface area contributed by atoms with E-state index in [0.29, 0.717) is 57.8 Å². The number of nitrogens with zero attached hydrogens (tertiary/aromatic N) is 2. The number of rotatable bonds is 52. The summed E-state index contributed by atoms with van der Waals surface area (Å²) in [6, 6.07) is -3.32. The Morgan fingerprint density at radius 2 is 0.692 bits per heavy atom. The molecule has 0 saturated carbocycles. The van der Waals surface area contributed by atoms with Crippen molar-refractivity contribution in [1.82, 2.24) is 52.3 Å². The van der Waals surface area contributed by atoms with E-state index in [1.165, 1.54) is 39.0 Å². The van der Waals surface area contributed by atoms with E-state index in [0.717, 1.165) is 0 Å². The van der Waals surface area contributed by atoms with E-state index < -0.39 is 155 Å². The first-order chi connectivity index (χ1) is 49.4. The molecular weight excluding hydrogens is 1400 g/mol. The molecule has 0 bridgehead atoms. The third-order valence-corrected chi connectivity index (χ3v) is 17.7. The maximum atomic E-state index is 13.9. The van der Waals surface area contributed by atoms with Crippen LogP contribution in [0.4, 0.5) is 0 Å². The van der Waals surface area contributed by atoms with Crippen molar-refractivity contribution in [3.63, 3.8) is 0 Å². The molecule has 104 heavy (non-hydrogen) atoms. The summed E-state index contributed by atoms with van der Waals surface area (Å²) >= 11 is 0. The van der Waals surface area contributed by atoms with Gasteiger partial charge in [0.15, 0.2) is 32.3 Å². The number of amides is 10. The zero-order valence-electron chi connectivity index (χ0n) is 60.4. The Balaban J connectivity index is 1.51. The lowest BCUT2D eigenvalue weighted by atomic mass is 9.97. The van der Waals surface area contributed by atoms with E-state index in [-0.39, 0.29) is 172 Å². The minimum absolute atomic E-state index is 0.00411. The number of unbranched alkanes of at least 4 members (excludes halogenated alkanes) is 3. The van der Waals surface area contributed by atoms with Crippen LogP contribution in [0.1, 0.15) is 136 Å². The second kappa shape index (κ2) is 50.7. The smallest absolute Gasteiger partial charge is 0.253 e. The van der Waals surface area contributed by atoms with E-state index in [1.807, 2.05) is 0 Å². The Labute approximate surface area is 606 Å². The molecule has 18 N–H and O–H groups in total. The van der Waals surface area contributed by atoms with Crippen molar-refractivity contribution >= 4 is 66.4 Å². The number of aliphatic hydroxyl groups is 10. The van der Waals surface area contributed by atoms with Crippen molar-refractivity contribution in [3.05, 3.63) is 0 Å². The molecule has 3 fully saturated rings. The van der Waals surface area contributed by atoms with Crippen LogP contribution in [-0.2, 0) is 85.5 Å². The Morgan fingerprint density at radius 1 is 0.404 bits per heavy atom. The fraction of sp³-hybridized carbons (Fsp3) is 0.846. The summed E-state index contributed by atoms with van der Waals surface area (Å²) in [7, 11) is -3.11. The van der Waals surface area contributed by atoms with Crippen LogP contribution >= 0.6 is 7.37 Å². The molecule has 0 aliphatic carbocycles. The molecule has 3 aliphatic rings. The first-order valence-corrected chi connectivity index (χ1v) is 38.2. The van der Waals surface area contributed by atoms with E-state index in [1.54, 1.807) is 4.90 Å². The average molecular weight is 1520 g/mol. The van der Waals surface area contributed by atoms with Gasteiger partial charge in [0.05, 0.1) is 26.4 Å². The van der Waals surface area contributed by atoms with Crippen LogP contribution in [0.5, 0.6) is 0 Å². The molecule has 3 saturated heterocycles. The molecule has 16 atom stereocenters. The lowest BCUT2D eigenvalue weighted by Crippen LogP contribution is -2.64. The van der Waals surface area contributed by atoms with E-state index in [4.69, 9.17) is 32.9 Å². The standard InChI is InChI=1S/C65H117N10O28P/c1-40(79)71-53-59(92)56(89)44(36-76)101-63(53)97-33-9-6-18-47(83)66-24-12-21-50(86)69-27-15-29-74(52(88)23-14-26-68-49(85)20-8-11-35-99-65-55(73-42(3)81)61(94)58(91)46(38-78)103-65)31-17-32-75(62(95)43(82)39-100-104(4,5)96)30-16-28-70-51(87)22-13-25-67-48(84)19-7-10-34-98-64-54(72-41(2)80)60(93)57(90)45(37-77)102-64/h43-46,53-61,63-65,76-78,82,89-94H,6-39H2,1-5H3,(H,66,83)(H,67,84)(H,68,85)(H,69,86)(H,70,87)(H,71,79)(H,72,80)(H,73,81)/t43?,44?,45?,46?,53?,54?,55?,56-,57-,58-,59+,60+,61+,63+,64+,65+/m0/s1. The molecule has 0 radical (unpaired) electrons. The maximum Gasteiger partial charge on any atom is 0.253 e. The predicted octanol–water partition coefficient (Wildman–Crippen LogP) is -5.96. The van der Waals surface area contributed by atoms with E-state index in [9.17, 15) is 104 Å². The van der Waals surface area contributed by atoms with Crippen LogP contribution in [0, 0.1) is 0 Å². The van der Waals surface area contributed by atoms with Gasteiger partial charge in [-0.15, -0.1) is 0 Å². The Morgan fingerprint density at radius 3 is 1.01 bits per heavy atom. The van der Waals surface area contributed by atoms with Gasteiger partial charge in [-0.2, -0.15) is 0 Å². The van der Waals surface area contributed by atoms with Gasteiger partial charge in [-0.05, 0) is 77.0 Å². The predicted molar refractivity (Wildman–Crippen MR) is 367 cm³/mol. The Kier molecular flexibility index (Phi) is 45.1. The monoisotopic (exact) mass is 1520 g/mol. The molecular formula is C65H117N10O28P. The second-order valence-corrected chi connectivity index (χ2v) is 28.9. The van der Waals surface area contributed by atoms with Gasteiger partial charge in [-0.1, -0.05) is 0 Å². The molecule has 600 valence electrons. The quantitative estimate of drug-likeness (QED) is 0.0199. The molecule has 10 amide bonds. The number of ether oxygens (including phenoxy) is 6. The third-order valence-electron chi connectivity index (χ3n) is 16.9. The summed E-state index contributed by atoms with van der Waals surface area (Å²) < 4.78 is 51.4. The number of aliphatic hydroxyl groups excluding tert-OH is 10. The number of hydrogen-bond donors (Lipinski definition) is 18. The highest BCUT2D eigenvalue weighted by molar-refractivity contribution is 7.57. The second-order valence-electron chi connectivity index (χ2n) is 26.2.